The molecule has 36 heavy (non-hydrogen) atoms. The van der Waals surface area contributed by atoms with E-state index in [0.29, 0.717) is 0 Å². The van der Waals surface area contributed by atoms with E-state index in [9.17, 15) is 18.4 Å². The summed E-state index contributed by atoms with van der Waals surface area (Å²) in [6, 6.07) is 15.9. The Morgan fingerprint density at radius 2 is 1.64 bits per heavy atom. The van der Waals surface area contributed by atoms with E-state index in [1.165, 1.54) is 0 Å². The number of fused-ring (bicyclic) bond motifs is 3. The van der Waals surface area contributed by atoms with Crippen LogP contribution < -0.4 is 5.32 Å². The Kier molecular flexibility index (Phi) is 6.19. The van der Waals surface area contributed by atoms with Crippen molar-refractivity contribution in [2.24, 2.45) is 0 Å². The summed E-state index contributed by atoms with van der Waals surface area (Å²) in [5, 5.41) is 15.5. The number of carboxylic acids is 1. The van der Waals surface area contributed by atoms with Crippen LogP contribution in [0.3, 0.4) is 0 Å². The third-order valence-corrected chi connectivity index (χ3v) is 6.97. The number of carbonyl (C=O) groups is 2. The number of alkyl carbamates (subject to hydrolysis) is 1. The minimum atomic E-state index is -2.86. The number of carbonyl (C=O) groups excluding carboxylic acids is 1. The highest BCUT2D eigenvalue weighted by Crippen LogP contribution is 2.45. The molecule has 8 nitrogen and oxygen atoms in total. The maximum Gasteiger partial charge on any atom is 0.407 e. The summed E-state index contributed by atoms with van der Waals surface area (Å²) >= 11 is 0. The van der Waals surface area contributed by atoms with E-state index in [4.69, 9.17) is 14.4 Å². The monoisotopic (exact) mass is 497 g/mol. The van der Waals surface area contributed by atoms with Crippen molar-refractivity contribution in [3.8, 4) is 11.1 Å². The van der Waals surface area contributed by atoms with Gasteiger partial charge in [-0.1, -0.05) is 53.7 Å². The minimum absolute atomic E-state index is 0.000479. The maximum atomic E-state index is 14.0. The molecule has 3 aromatic rings. The summed E-state index contributed by atoms with van der Waals surface area (Å²) in [6.45, 7) is 0.0716. The number of carboxylic acid groups (broad SMARTS) is 1. The maximum absolute atomic E-state index is 14.0. The quantitative estimate of drug-likeness (QED) is 0.471. The summed E-state index contributed by atoms with van der Waals surface area (Å²) in [6.07, 6.45) is -2.12. The molecule has 0 bridgehead atoms. The summed E-state index contributed by atoms with van der Waals surface area (Å²) in [5.41, 5.74) is 3.00. The van der Waals surface area contributed by atoms with Crippen molar-refractivity contribution in [1.29, 1.82) is 0 Å². The van der Waals surface area contributed by atoms with Gasteiger partial charge in [-0.05, 0) is 35.1 Å². The Balaban J connectivity index is 1.32. The van der Waals surface area contributed by atoms with E-state index >= 15 is 0 Å². The van der Waals surface area contributed by atoms with Crippen molar-refractivity contribution in [3.05, 3.63) is 71.4 Å². The molecule has 1 aromatic heterocycles. The fraction of sp³-hybridized carbons (Fsp3) is 0.385. The second-order valence-corrected chi connectivity index (χ2v) is 9.29. The summed E-state index contributed by atoms with van der Waals surface area (Å²) < 4.78 is 38.7. The molecule has 2 aliphatic carbocycles. The predicted molar refractivity (Wildman–Crippen MR) is 124 cm³/mol. The van der Waals surface area contributed by atoms with E-state index in [0.717, 1.165) is 22.3 Å². The van der Waals surface area contributed by atoms with Gasteiger partial charge in [0.1, 0.15) is 12.1 Å². The second-order valence-electron chi connectivity index (χ2n) is 9.29. The molecule has 0 spiro atoms. The first-order valence-corrected chi connectivity index (χ1v) is 11.8. The van der Waals surface area contributed by atoms with Crippen LogP contribution in [0.15, 0.2) is 53.1 Å². The lowest BCUT2D eigenvalue weighted by Gasteiger charge is -2.38. The average Bonchev–Trinajstić information content (AvgIpc) is 3.46. The lowest BCUT2D eigenvalue weighted by Crippen LogP contribution is -2.51. The normalized spacial score (nSPS) is 17.7. The van der Waals surface area contributed by atoms with Crippen LogP contribution in [0.2, 0.25) is 0 Å². The Morgan fingerprint density at radius 1 is 1.03 bits per heavy atom. The van der Waals surface area contributed by atoms with Crippen molar-refractivity contribution >= 4 is 12.1 Å². The Labute approximate surface area is 205 Å². The van der Waals surface area contributed by atoms with Gasteiger partial charge in [0.25, 0.3) is 0 Å². The Morgan fingerprint density at radius 3 is 2.25 bits per heavy atom. The number of aryl methyl sites for hydroxylation is 1. The zero-order chi connectivity index (χ0) is 25.3. The van der Waals surface area contributed by atoms with Gasteiger partial charge in [0, 0.05) is 25.2 Å². The first-order chi connectivity index (χ1) is 17.3. The Bertz CT molecular complexity index is 1240. The van der Waals surface area contributed by atoms with Gasteiger partial charge in [-0.25, -0.2) is 13.6 Å². The van der Waals surface area contributed by atoms with Crippen molar-refractivity contribution in [2.75, 3.05) is 6.61 Å². The van der Waals surface area contributed by atoms with Gasteiger partial charge in [0.2, 0.25) is 11.8 Å². The Hall–Kier alpha value is -3.82. The van der Waals surface area contributed by atoms with Crippen LogP contribution in [-0.4, -0.2) is 39.8 Å². The molecule has 1 saturated carbocycles. The number of alkyl halides is 2. The first-order valence-electron chi connectivity index (χ1n) is 11.8. The minimum Gasteiger partial charge on any atom is -0.481 e. The van der Waals surface area contributed by atoms with Crippen molar-refractivity contribution < 1.29 is 32.7 Å². The number of hydrogen-bond acceptors (Lipinski definition) is 6. The molecule has 10 heteroatoms. The number of aliphatic carboxylic acids is 1. The fourth-order valence-corrected chi connectivity index (χ4v) is 5.04. The van der Waals surface area contributed by atoms with E-state index in [2.05, 4.69) is 15.5 Å². The molecular formula is C26H25F2N3O5. The molecule has 5 rings (SSSR count). The van der Waals surface area contributed by atoms with Gasteiger partial charge in [0.15, 0.2) is 5.82 Å². The van der Waals surface area contributed by atoms with Gasteiger partial charge >= 0.3 is 12.1 Å². The second kappa shape index (κ2) is 9.33. The fourth-order valence-electron chi connectivity index (χ4n) is 5.04. The molecule has 0 radical (unpaired) electrons. The number of ether oxygens (including phenoxy) is 1. The molecule has 0 aliphatic heterocycles. The highest BCUT2D eigenvalue weighted by atomic mass is 19.3. The molecule has 1 fully saturated rings. The topological polar surface area (TPSA) is 115 Å². The molecule has 0 atom stereocenters. The lowest BCUT2D eigenvalue weighted by atomic mass is 9.79. The van der Waals surface area contributed by atoms with Crippen molar-refractivity contribution in [3.63, 3.8) is 0 Å². The van der Waals surface area contributed by atoms with Crippen LogP contribution >= 0.6 is 0 Å². The summed E-state index contributed by atoms with van der Waals surface area (Å²) in [5.74, 6) is -3.92. The first kappa shape index (κ1) is 23.9. The van der Waals surface area contributed by atoms with Gasteiger partial charge in [-0.3, -0.25) is 4.79 Å². The molecule has 2 aliphatic rings. The molecule has 2 aromatic carbocycles. The largest absolute Gasteiger partial charge is 0.481 e. The van der Waals surface area contributed by atoms with Crippen LogP contribution in [0.25, 0.3) is 11.1 Å². The van der Waals surface area contributed by atoms with Crippen LogP contribution in [0.1, 0.15) is 60.9 Å². The molecule has 1 heterocycles. The number of nitrogens with one attached hydrogen (secondary N) is 1. The molecule has 188 valence electrons. The number of aromatic nitrogens is 2. The molecular weight excluding hydrogens is 472 g/mol. The highest BCUT2D eigenvalue weighted by Gasteiger charge is 2.48. The van der Waals surface area contributed by atoms with E-state index in [1.807, 2.05) is 48.5 Å². The average molecular weight is 497 g/mol. The van der Waals surface area contributed by atoms with Gasteiger partial charge in [0.05, 0.1) is 6.42 Å². The van der Waals surface area contributed by atoms with Crippen LogP contribution in [-0.2, 0) is 21.5 Å². The van der Waals surface area contributed by atoms with Gasteiger partial charge in [-0.15, -0.1) is 0 Å². The number of amides is 1. The standard InChI is InChI=1S/C26H25F2N3O5/c27-26(28)13-11-25(12-14-26,23-29-21(36-31-23)9-10-22(32)33)30-24(34)35-15-20-18-7-3-1-5-16(18)17-6-2-4-8-19(17)20/h1-8,20H,9-15H2,(H,30,34)(H,32,33). The zero-order valence-corrected chi connectivity index (χ0v) is 19.4. The predicted octanol–water partition coefficient (Wildman–Crippen LogP) is 5.03. The number of benzene rings is 2. The molecule has 0 unspecified atom stereocenters. The summed E-state index contributed by atoms with van der Waals surface area (Å²) in [7, 11) is 0. The lowest BCUT2D eigenvalue weighted by molar-refractivity contribution is -0.137. The molecule has 1 amide bonds. The number of rotatable bonds is 7. The van der Waals surface area contributed by atoms with Crippen LogP contribution in [0.5, 0.6) is 0 Å². The van der Waals surface area contributed by atoms with E-state index in [1.54, 1.807) is 0 Å². The summed E-state index contributed by atoms with van der Waals surface area (Å²) in [4.78, 5) is 28.0. The third kappa shape index (κ3) is 4.67. The molecule has 0 saturated heterocycles. The number of nitrogens with zero attached hydrogens (tertiary/aromatic N) is 2. The van der Waals surface area contributed by atoms with Crippen LogP contribution in [0, 0.1) is 0 Å². The van der Waals surface area contributed by atoms with Crippen molar-refractivity contribution in [1.82, 2.24) is 15.5 Å². The number of halogens is 2. The third-order valence-electron chi connectivity index (χ3n) is 6.97. The van der Waals surface area contributed by atoms with Gasteiger partial charge in [-0.2, -0.15) is 4.98 Å². The number of hydrogen-bond donors (Lipinski definition) is 2. The van der Waals surface area contributed by atoms with E-state index in [-0.39, 0.29) is 49.9 Å². The van der Waals surface area contributed by atoms with Gasteiger partial charge < -0.3 is 19.7 Å². The van der Waals surface area contributed by atoms with Crippen molar-refractivity contribution in [2.45, 2.75) is 55.9 Å². The zero-order valence-electron chi connectivity index (χ0n) is 19.4. The highest BCUT2D eigenvalue weighted by molar-refractivity contribution is 5.79. The SMILES string of the molecule is O=C(O)CCc1nc(C2(NC(=O)OCC3c4ccccc4-c4ccccc43)CCC(F)(F)CC2)no1. The van der Waals surface area contributed by atoms with E-state index < -0.39 is 36.4 Å². The van der Waals surface area contributed by atoms with Crippen LogP contribution in [0.4, 0.5) is 13.6 Å². The molecule has 2 N–H and O–H groups in total. The smallest absolute Gasteiger partial charge is 0.407 e.